The van der Waals surface area contributed by atoms with Gasteiger partial charge in [-0.25, -0.2) is 9.97 Å². The van der Waals surface area contributed by atoms with E-state index in [1.807, 2.05) is 6.92 Å². The zero-order valence-electron chi connectivity index (χ0n) is 10.6. The molecule has 2 N–H and O–H groups in total. The highest BCUT2D eigenvalue weighted by atomic mass is 32.2. The van der Waals surface area contributed by atoms with Crippen molar-refractivity contribution >= 4 is 17.6 Å². The smallest absolute Gasteiger partial charge is 0.191 e. The molecule has 0 saturated heterocycles. The number of nitriles is 1. The van der Waals surface area contributed by atoms with Crippen molar-refractivity contribution in [2.24, 2.45) is 5.92 Å². The molecule has 96 valence electrons. The largest absolute Gasteiger partial charge is 0.384 e. The van der Waals surface area contributed by atoms with Gasteiger partial charge in [0.15, 0.2) is 5.16 Å². The molecule has 18 heavy (non-hydrogen) atoms. The predicted octanol–water partition coefficient (Wildman–Crippen LogP) is 2.93. The summed E-state index contributed by atoms with van der Waals surface area (Å²) in [5, 5.41) is 9.90. The Morgan fingerprint density at radius 3 is 2.72 bits per heavy atom. The quantitative estimate of drug-likeness (QED) is 0.669. The summed E-state index contributed by atoms with van der Waals surface area (Å²) in [6.45, 7) is 1.89. The van der Waals surface area contributed by atoms with Crippen molar-refractivity contribution in [1.82, 2.24) is 9.97 Å². The first-order chi connectivity index (χ1) is 8.69. The zero-order chi connectivity index (χ0) is 13.0. The van der Waals surface area contributed by atoms with Crippen molar-refractivity contribution in [2.75, 3.05) is 5.73 Å². The molecule has 0 radical (unpaired) electrons. The fraction of sp³-hybridized carbons (Fsp3) is 0.615. The van der Waals surface area contributed by atoms with Gasteiger partial charge in [0, 0.05) is 11.8 Å². The van der Waals surface area contributed by atoms with Crippen LogP contribution in [0.3, 0.4) is 0 Å². The van der Waals surface area contributed by atoms with Gasteiger partial charge in [0.25, 0.3) is 0 Å². The van der Waals surface area contributed by atoms with Crippen LogP contribution in [0.1, 0.15) is 37.8 Å². The highest BCUT2D eigenvalue weighted by Crippen LogP contribution is 2.34. The first-order valence-corrected chi connectivity index (χ1v) is 7.24. The van der Waals surface area contributed by atoms with E-state index in [4.69, 9.17) is 5.73 Å². The van der Waals surface area contributed by atoms with Crippen LogP contribution in [0.5, 0.6) is 0 Å². The maximum atomic E-state index is 9.32. The van der Waals surface area contributed by atoms with Crippen LogP contribution < -0.4 is 5.73 Å². The van der Waals surface area contributed by atoms with Crippen LogP contribution in [0, 0.1) is 24.2 Å². The van der Waals surface area contributed by atoms with E-state index in [0.717, 1.165) is 18.5 Å². The Kier molecular flexibility index (Phi) is 4.43. The summed E-state index contributed by atoms with van der Waals surface area (Å²) in [6, 6.07) is 4.14. The summed E-state index contributed by atoms with van der Waals surface area (Å²) in [5.41, 5.74) is 6.56. The third kappa shape index (κ3) is 3.36. The second-order valence-corrected chi connectivity index (χ2v) is 5.89. The second kappa shape index (κ2) is 6.05. The standard InChI is InChI=1S/C13H18N4S/c1-9-7-12(15)17-13(16-9)18-11(8-14)10-5-3-2-4-6-10/h7,10-11H,2-6H2,1H3,(H2,15,16,17)/t11-/m1/s1. The molecular weight excluding hydrogens is 244 g/mol. The van der Waals surface area contributed by atoms with Crippen molar-refractivity contribution in [3.8, 4) is 6.07 Å². The third-order valence-electron chi connectivity index (χ3n) is 3.29. The number of nitrogen functional groups attached to an aromatic ring is 1. The van der Waals surface area contributed by atoms with Crippen molar-refractivity contribution < 1.29 is 0 Å². The lowest BCUT2D eigenvalue weighted by Crippen LogP contribution is -2.19. The van der Waals surface area contributed by atoms with Gasteiger partial charge in [0.05, 0.1) is 6.07 Å². The molecule has 1 aliphatic rings. The molecule has 0 amide bonds. The minimum atomic E-state index is -0.0495. The molecule has 0 aliphatic heterocycles. The minimum Gasteiger partial charge on any atom is -0.384 e. The fourth-order valence-corrected chi connectivity index (χ4v) is 3.50. The Labute approximate surface area is 112 Å². The molecule has 1 aromatic heterocycles. The highest BCUT2D eigenvalue weighted by molar-refractivity contribution is 8.00. The van der Waals surface area contributed by atoms with E-state index in [0.29, 0.717) is 16.9 Å². The number of nitrogens with two attached hydrogens (primary N) is 1. The Morgan fingerprint density at radius 2 is 2.11 bits per heavy atom. The van der Waals surface area contributed by atoms with Crippen molar-refractivity contribution in [2.45, 2.75) is 49.4 Å². The zero-order valence-corrected chi connectivity index (χ0v) is 11.4. The molecule has 1 saturated carbocycles. The van der Waals surface area contributed by atoms with Gasteiger partial charge in [0.1, 0.15) is 11.1 Å². The molecule has 1 atom stereocenters. The average Bonchev–Trinajstić information content (AvgIpc) is 2.36. The van der Waals surface area contributed by atoms with E-state index in [-0.39, 0.29) is 5.25 Å². The highest BCUT2D eigenvalue weighted by Gasteiger charge is 2.25. The van der Waals surface area contributed by atoms with Crippen LogP contribution in [0.25, 0.3) is 0 Å². The van der Waals surface area contributed by atoms with Crippen LogP contribution in [0.2, 0.25) is 0 Å². The van der Waals surface area contributed by atoms with E-state index in [1.165, 1.54) is 31.0 Å². The lowest BCUT2D eigenvalue weighted by Gasteiger charge is -2.24. The number of anilines is 1. The van der Waals surface area contributed by atoms with Gasteiger partial charge in [-0.3, -0.25) is 0 Å². The molecule has 1 fully saturated rings. The number of nitrogens with zero attached hydrogens (tertiary/aromatic N) is 3. The molecule has 1 heterocycles. The van der Waals surface area contributed by atoms with Gasteiger partial charge >= 0.3 is 0 Å². The lowest BCUT2D eigenvalue weighted by atomic mass is 9.87. The van der Waals surface area contributed by atoms with E-state index >= 15 is 0 Å². The Balaban J connectivity index is 2.07. The maximum absolute atomic E-state index is 9.32. The summed E-state index contributed by atoms with van der Waals surface area (Å²) in [5.74, 6) is 0.949. The van der Waals surface area contributed by atoms with Crippen LogP contribution in [-0.4, -0.2) is 15.2 Å². The summed E-state index contributed by atoms with van der Waals surface area (Å²) >= 11 is 1.46. The Morgan fingerprint density at radius 1 is 1.39 bits per heavy atom. The van der Waals surface area contributed by atoms with E-state index < -0.39 is 0 Å². The van der Waals surface area contributed by atoms with Gasteiger partial charge in [-0.15, -0.1) is 0 Å². The molecule has 0 bridgehead atoms. The van der Waals surface area contributed by atoms with Crippen molar-refractivity contribution in [3.05, 3.63) is 11.8 Å². The van der Waals surface area contributed by atoms with Crippen molar-refractivity contribution in [1.29, 1.82) is 5.26 Å². The van der Waals surface area contributed by atoms with Crippen LogP contribution in [0.15, 0.2) is 11.2 Å². The number of hydrogen-bond donors (Lipinski definition) is 1. The molecule has 2 rings (SSSR count). The maximum Gasteiger partial charge on any atom is 0.191 e. The fourth-order valence-electron chi connectivity index (χ4n) is 2.40. The predicted molar refractivity (Wildman–Crippen MR) is 73.0 cm³/mol. The van der Waals surface area contributed by atoms with Gasteiger partial charge < -0.3 is 5.73 Å². The van der Waals surface area contributed by atoms with Gasteiger partial charge in [-0.1, -0.05) is 31.0 Å². The third-order valence-corrected chi connectivity index (χ3v) is 4.43. The Hall–Kier alpha value is -1.28. The molecule has 0 aromatic carbocycles. The van der Waals surface area contributed by atoms with Gasteiger partial charge in [-0.2, -0.15) is 5.26 Å². The van der Waals surface area contributed by atoms with E-state index in [1.54, 1.807) is 6.07 Å². The molecular formula is C13H18N4S. The summed E-state index contributed by atoms with van der Waals surface area (Å²) in [4.78, 5) is 8.53. The van der Waals surface area contributed by atoms with Crippen LogP contribution in [0.4, 0.5) is 5.82 Å². The van der Waals surface area contributed by atoms with Crippen LogP contribution >= 0.6 is 11.8 Å². The SMILES string of the molecule is Cc1cc(N)nc(S[C@H](C#N)C2CCCCC2)n1. The normalized spacial score (nSPS) is 18.2. The van der Waals surface area contributed by atoms with Gasteiger partial charge in [0.2, 0.25) is 0 Å². The Bertz CT molecular complexity index is 429. The first-order valence-electron chi connectivity index (χ1n) is 6.36. The molecule has 5 heteroatoms. The monoisotopic (exact) mass is 262 g/mol. The molecule has 1 aliphatic carbocycles. The molecule has 1 aromatic rings. The second-order valence-electron chi connectivity index (χ2n) is 4.78. The summed E-state index contributed by atoms with van der Waals surface area (Å²) < 4.78 is 0. The lowest BCUT2D eigenvalue weighted by molar-refractivity contribution is 0.370. The first kappa shape index (κ1) is 13.2. The number of hydrogen-bond acceptors (Lipinski definition) is 5. The molecule has 4 nitrogen and oxygen atoms in total. The number of aromatic nitrogens is 2. The van der Waals surface area contributed by atoms with Crippen molar-refractivity contribution in [3.63, 3.8) is 0 Å². The van der Waals surface area contributed by atoms with Gasteiger partial charge in [-0.05, 0) is 25.7 Å². The van der Waals surface area contributed by atoms with E-state index in [9.17, 15) is 5.26 Å². The summed E-state index contributed by atoms with van der Waals surface area (Å²) in [7, 11) is 0. The topological polar surface area (TPSA) is 75.6 Å². The molecule has 0 unspecified atom stereocenters. The number of rotatable bonds is 3. The minimum absolute atomic E-state index is 0.0495. The number of thioether (sulfide) groups is 1. The van der Waals surface area contributed by atoms with Crippen LogP contribution in [-0.2, 0) is 0 Å². The summed E-state index contributed by atoms with van der Waals surface area (Å²) in [6.07, 6.45) is 6.06. The van der Waals surface area contributed by atoms with E-state index in [2.05, 4.69) is 16.0 Å². The number of aryl methyl sites for hydroxylation is 1. The average molecular weight is 262 g/mol. The molecule has 0 spiro atoms.